The lowest BCUT2D eigenvalue weighted by atomic mass is 9.61. The maximum atomic E-state index is 12.6. The van der Waals surface area contributed by atoms with Gasteiger partial charge >= 0.3 is 5.97 Å². The van der Waals surface area contributed by atoms with Gasteiger partial charge in [0.15, 0.2) is 0 Å². The van der Waals surface area contributed by atoms with Gasteiger partial charge in [0.2, 0.25) is 0 Å². The van der Waals surface area contributed by atoms with E-state index in [0.29, 0.717) is 50.0 Å². The molecule has 3 unspecified atom stereocenters. The van der Waals surface area contributed by atoms with E-state index in [1.807, 2.05) is 13.0 Å². The fraction of sp³-hybridized carbons (Fsp3) is 0.806. The summed E-state index contributed by atoms with van der Waals surface area (Å²) in [6.45, 7) is 13.5. The molecule has 3 N–H and O–H groups in total. The van der Waals surface area contributed by atoms with Crippen molar-refractivity contribution in [1.82, 2.24) is 0 Å². The quantitative estimate of drug-likeness (QED) is 0.142. The molecule has 4 aliphatic rings. The normalized spacial score (nSPS) is 36.0. The van der Waals surface area contributed by atoms with Crippen LogP contribution in [0.4, 0.5) is 0 Å². The summed E-state index contributed by atoms with van der Waals surface area (Å²) in [4.78, 5) is 12.6. The second kappa shape index (κ2) is 15.3. The predicted octanol–water partition coefficient (Wildman–Crippen LogP) is 7.69. The number of carbonyl (C=O) groups excluding carboxylic acids is 1. The van der Waals surface area contributed by atoms with E-state index < -0.39 is 23.7 Å². The van der Waals surface area contributed by atoms with E-state index >= 15 is 0 Å². The van der Waals surface area contributed by atoms with Crippen LogP contribution in [-0.4, -0.2) is 46.2 Å². The number of rotatable bonds is 10. The van der Waals surface area contributed by atoms with Gasteiger partial charge in [-0.3, -0.25) is 4.79 Å². The van der Waals surface area contributed by atoms with Crippen molar-refractivity contribution in [1.29, 1.82) is 0 Å². The topological polar surface area (TPSA) is 87.0 Å². The maximum Gasteiger partial charge on any atom is 0.315 e. The number of ether oxygens (including phenoxy) is 1. The Bertz CT molecular complexity index is 914. The molecular weight excluding hydrogens is 512 g/mol. The summed E-state index contributed by atoms with van der Waals surface area (Å²) >= 11 is 0. The second-order valence-corrected chi connectivity index (χ2v) is 13.9. The molecule has 0 aromatic heterocycles. The summed E-state index contributed by atoms with van der Waals surface area (Å²) in [6, 6.07) is 0. The fourth-order valence-corrected chi connectivity index (χ4v) is 7.56. The van der Waals surface area contributed by atoms with Crippen LogP contribution >= 0.6 is 0 Å². The number of hydrogen-bond donors (Lipinski definition) is 3. The summed E-state index contributed by atoms with van der Waals surface area (Å²) in [5.41, 5.74) is 2.18. The molecule has 4 fully saturated rings. The number of carbonyl (C=O) groups is 1. The van der Waals surface area contributed by atoms with E-state index in [9.17, 15) is 20.1 Å². The molecule has 0 spiro atoms. The van der Waals surface area contributed by atoms with Crippen molar-refractivity contribution in [2.24, 2.45) is 34.5 Å². The zero-order chi connectivity index (χ0) is 30.2. The van der Waals surface area contributed by atoms with Crippen molar-refractivity contribution in [3.63, 3.8) is 0 Å². The van der Waals surface area contributed by atoms with Gasteiger partial charge in [-0.05, 0) is 87.4 Å². The van der Waals surface area contributed by atoms with E-state index in [1.165, 1.54) is 44.1 Å². The number of allylic oxidation sites excluding steroid dienone is 4. The molecule has 0 aromatic rings. The average molecular weight is 573 g/mol. The van der Waals surface area contributed by atoms with Gasteiger partial charge in [-0.25, -0.2) is 0 Å². The zero-order valence-electron chi connectivity index (χ0n) is 26.9. The molecule has 0 bridgehead atoms. The summed E-state index contributed by atoms with van der Waals surface area (Å²) < 4.78 is 5.45. The number of aliphatic hydroxyl groups is 3. The first-order valence-electron chi connectivity index (χ1n) is 16.8. The molecule has 8 atom stereocenters. The first-order chi connectivity index (χ1) is 19.5. The molecule has 0 aromatic carbocycles. The van der Waals surface area contributed by atoms with E-state index in [2.05, 4.69) is 52.8 Å². The van der Waals surface area contributed by atoms with Crippen molar-refractivity contribution in [3.05, 3.63) is 35.5 Å². The minimum atomic E-state index is -0.772. The third-order valence-electron chi connectivity index (χ3n) is 11.0. The summed E-state index contributed by atoms with van der Waals surface area (Å²) in [5, 5.41) is 31.5. The van der Waals surface area contributed by atoms with E-state index in [4.69, 9.17) is 4.74 Å². The molecule has 41 heavy (non-hydrogen) atoms. The number of hydrogen-bond acceptors (Lipinski definition) is 5. The van der Waals surface area contributed by atoms with E-state index in [0.717, 1.165) is 24.8 Å². The maximum absolute atomic E-state index is 12.6. The van der Waals surface area contributed by atoms with Crippen LogP contribution in [0.25, 0.3) is 0 Å². The van der Waals surface area contributed by atoms with Crippen LogP contribution in [0.2, 0.25) is 0 Å². The predicted molar refractivity (Wildman–Crippen MR) is 167 cm³/mol. The summed E-state index contributed by atoms with van der Waals surface area (Å²) in [5.74, 6) is 1.14. The molecule has 4 saturated carbocycles. The van der Waals surface area contributed by atoms with Crippen molar-refractivity contribution in [3.8, 4) is 0 Å². The van der Waals surface area contributed by atoms with Gasteiger partial charge in [0.1, 0.15) is 0 Å². The third kappa shape index (κ3) is 8.15. The molecule has 5 nitrogen and oxygen atoms in total. The Balaban J connectivity index is 0.00000108. The highest BCUT2D eigenvalue weighted by molar-refractivity contribution is 5.81. The average Bonchev–Trinajstić information content (AvgIpc) is 3.69. The molecule has 0 amide bonds. The molecular formula is C36H60O5. The van der Waals surface area contributed by atoms with Crippen molar-refractivity contribution >= 4 is 5.97 Å². The zero-order valence-corrected chi connectivity index (χ0v) is 26.9. The Morgan fingerprint density at radius 3 is 2.24 bits per heavy atom. The molecule has 0 saturated heterocycles. The Hall–Kier alpha value is -1.43. The lowest BCUT2D eigenvalue weighted by Gasteiger charge is -2.44. The summed E-state index contributed by atoms with van der Waals surface area (Å²) in [7, 11) is 0. The highest BCUT2D eigenvalue weighted by Gasteiger charge is 2.56. The number of aliphatic hydroxyl groups excluding tert-OH is 3. The third-order valence-corrected chi connectivity index (χ3v) is 11.0. The van der Waals surface area contributed by atoms with Crippen LogP contribution in [0, 0.1) is 34.5 Å². The highest BCUT2D eigenvalue weighted by Crippen LogP contribution is 2.59. The van der Waals surface area contributed by atoms with Crippen LogP contribution in [0.1, 0.15) is 125 Å². The van der Waals surface area contributed by atoms with Crippen LogP contribution in [0.15, 0.2) is 35.5 Å². The van der Waals surface area contributed by atoms with Gasteiger partial charge in [-0.1, -0.05) is 96.3 Å². The SMILES string of the molecule is CCCC.CCCCOC(=O)C1(C(O)/C=C/[C@@H](C)[C@H]2CC[C@H]3/C(=C/C=C4CC(O)C(C)[C@H](O)C4)CCC[C@]23C)CC1. The Labute approximate surface area is 250 Å². The van der Waals surface area contributed by atoms with Gasteiger partial charge in [-0.15, -0.1) is 0 Å². The first-order valence-corrected chi connectivity index (χ1v) is 16.8. The second-order valence-electron chi connectivity index (χ2n) is 13.9. The molecule has 5 heteroatoms. The van der Waals surface area contributed by atoms with Gasteiger partial charge < -0.3 is 20.1 Å². The smallest absolute Gasteiger partial charge is 0.315 e. The molecule has 4 rings (SSSR count). The van der Waals surface area contributed by atoms with Gasteiger partial charge in [0.05, 0.1) is 30.3 Å². The van der Waals surface area contributed by atoms with Crippen LogP contribution in [0.5, 0.6) is 0 Å². The van der Waals surface area contributed by atoms with Crippen molar-refractivity contribution in [2.75, 3.05) is 6.61 Å². The van der Waals surface area contributed by atoms with Crippen LogP contribution < -0.4 is 0 Å². The monoisotopic (exact) mass is 572 g/mol. The van der Waals surface area contributed by atoms with Gasteiger partial charge in [0, 0.05) is 5.92 Å². The Kier molecular flexibility index (Phi) is 12.7. The minimum absolute atomic E-state index is 0.0621. The minimum Gasteiger partial charge on any atom is -0.465 e. The fourth-order valence-electron chi connectivity index (χ4n) is 7.56. The first kappa shape index (κ1) is 34.1. The largest absolute Gasteiger partial charge is 0.465 e. The van der Waals surface area contributed by atoms with E-state index in [1.54, 1.807) is 0 Å². The molecule has 4 aliphatic carbocycles. The molecule has 0 aliphatic heterocycles. The van der Waals surface area contributed by atoms with Crippen LogP contribution in [-0.2, 0) is 9.53 Å². The van der Waals surface area contributed by atoms with Crippen molar-refractivity contribution in [2.45, 2.75) is 143 Å². The lowest BCUT2D eigenvalue weighted by molar-refractivity contribution is -0.153. The standard InChI is InChI=1S/C32H50O5.C4H10/c1-5-6-18-37-30(36)32(16-17-32)29(35)14-9-21(2)25-12-13-26-24(8-7-15-31(25,26)4)11-10-23-19-27(33)22(3)28(34)20-23;1-3-4-2/h9-11,14,21-22,25-29,33-35H,5-8,12-13,15-20H2,1-4H3;3-4H2,1-2H3/b14-9+,23-10?,24-11+;/t21-,22?,25-,26+,27-,28?,29?,31-;/m1./s1. The number of esters is 1. The molecule has 0 radical (unpaired) electrons. The van der Waals surface area contributed by atoms with Crippen molar-refractivity contribution < 1.29 is 24.9 Å². The lowest BCUT2D eigenvalue weighted by Crippen LogP contribution is -2.36. The van der Waals surface area contributed by atoms with E-state index in [-0.39, 0.29) is 17.3 Å². The number of unbranched alkanes of at least 4 members (excludes halogenated alkanes) is 2. The van der Waals surface area contributed by atoms with Gasteiger partial charge in [-0.2, -0.15) is 0 Å². The Morgan fingerprint density at radius 1 is 1.00 bits per heavy atom. The Morgan fingerprint density at radius 2 is 1.66 bits per heavy atom. The molecule has 0 heterocycles. The summed E-state index contributed by atoms with van der Waals surface area (Å²) in [6.07, 6.45) is 19.9. The van der Waals surface area contributed by atoms with Crippen LogP contribution in [0.3, 0.4) is 0 Å². The number of fused-ring (bicyclic) bond motifs is 1. The highest BCUT2D eigenvalue weighted by atomic mass is 16.5. The molecule has 234 valence electrons. The van der Waals surface area contributed by atoms with Gasteiger partial charge in [0.25, 0.3) is 0 Å².